The Kier molecular flexibility index (Phi) is 5.69. The van der Waals surface area contributed by atoms with Crippen molar-refractivity contribution in [1.29, 1.82) is 5.26 Å². The molecule has 0 unspecified atom stereocenters. The van der Waals surface area contributed by atoms with Crippen LogP contribution in [-0.4, -0.2) is 0 Å². The Labute approximate surface area is 235 Å². The molecule has 0 atom stereocenters. The molecule has 38 heavy (non-hydrogen) atoms. The van der Waals surface area contributed by atoms with Gasteiger partial charge < -0.3 is 0 Å². The Morgan fingerprint density at radius 2 is 1.11 bits per heavy atom. The predicted molar refractivity (Wildman–Crippen MR) is 170 cm³/mol. The van der Waals surface area contributed by atoms with Crippen LogP contribution in [0.2, 0.25) is 0 Å². The molecule has 0 aliphatic rings. The molecule has 0 spiro atoms. The van der Waals surface area contributed by atoms with Gasteiger partial charge in [0.15, 0.2) is 5.69 Å². The molecule has 3 aromatic carbocycles. The van der Waals surface area contributed by atoms with Gasteiger partial charge in [0, 0.05) is 39.3 Å². The van der Waals surface area contributed by atoms with Crippen LogP contribution in [0.5, 0.6) is 0 Å². The summed E-state index contributed by atoms with van der Waals surface area (Å²) in [6.07, 6.45) is 8.56. The maximum absolute atomic E-state index is 8.99. The zero-order valence-electron chi connectivity index (χ0n) is 19.8. The number of nitriles is 1. The lowest BCUT2D eigenvalue weighted by molar-refractivity contribution is 1.48. The molecule has 7 rings (SSSR count). The quantitative estimate of drug-likeness (QED) is 0.198. The van der Waals surface area contributed by atoms with Gasteiger partial charge in [-0.3, -0.25) is 0 Å². The molecule has 6 heteroatoms. The lowest BCUT2D eigenvalue weighted by Gasteiger charge is -1.94. The smallest absolute Gasteiger partial charge is 0.187 e. The van der Waals surface area contributed by atoms with E-state index in [1.54, 1.807) is 0 Å². The number of hydrogen-bond donors (Lipinski definition) is 0. The van der Waals surface area contributed by atoms with E-state index in [-0.39, 0.29) is 0 Å². The van der Waals surface area contributed by atoms with Crippen LogP contribution in [-0.2, 0) is 0 Å². The fourth-order valence-corrected chi connectivity index (χ4v) is 9.38. The van der Waals surface area contributed by atoms with E-state index < -0.39 is 0 Å². The molecule has 0 radical (unpaired) electrons. The largest absolute Gasteiger partial charge is 0.238 e. The zero-order valence-corrected chi connectivity index (χ0v) is 23.0. The summed E-state index contributed by atoms with van der Waals surface area (Å²) in [5, 5.41) is 11.7. The van der Waals surface area contributed by atoms with Gasteiger partial charge in [-0.1, -0.05) is 48.6 Å². The van der Waals surface area contributed by atoms with Crippen LogP contribution < -0.4 is 0 Å². The molecule has 7 aromatic rings. The van der Waals surface area contributed by atoms with Gasteiger partial charge in [-0.15, -0.1) is 45.3 Å². The van der Waals surface area contributed by atoms with Gasteiger partial charge in [0.1, 0.15) is 0 Å². The predicted octanol–water partition coefficient (Wildman–Crippen LogP) is 11.3. The average molecular weight is 557 g/mol. The summed E-state index contributed by atoms with van der Waals surface area (Å²) < 4.78 is 8.06. The fourth-order valence-electron chi connectivity index (χ4n) is 4.48. The second kappa shape index (κ2) is 9.36. The molecular formula is C32H16N2S4. The van der Waals surface area contributed by atoms with Crippen LogP contribution in [0.3, 0.4) is 0 Å². The molecule has 178 valence electrons. The highest BCUT2D eigenvalue weighted by Crippen LogP contribution is 2.46. The van der Waals surface area contributed by atoms with E-state index in [0.717, 1.165) is 11.1 Å². The molecule has 0 aliphatic carbocycles. The summed E-state index contributed by atoms with van der Waals surface area (Å²) in [5.74, 6) is 0. The summed E-state index contributed by atoms with van der Waals surface area (Å²) in [6.45, 7) is 7.10. The van der Waals surface area contributed by atoms with Crippen LogP contribution in [0, 0.1) is 17.9 Å². The van der Waals surface area contributed by atoms with Gasteiger partial charge in [0.2, 0.25) is 0 Å². The van der Waals surface area contributed by atoms with Gasteiger partial charge in [-0.25, -0.2) is 4.85 Å². The Morgan fingerprint density at radius 3 is 1.58 bits per heavy atom. The van der Waals surface area contributed by atoms with Crippen LogP contribution in [0.25, 0.3) is 68.1 Å². The molecule has 4 aromatic heterocycles. The molecular weight excluding hydrogens is 541 g/mol. The minimum Gasteiger partial charge on any atom is -0.238 e. The lowest BCUT2D eigenvalue weighted by atomic mass is 10.1. The minimum atomic E-state index is 0.667. The van der Waals surface area contributed by atoms with Crippen LogP contribution >= 0.6 is 45.3 Å². The highest BCUT2D eigenvalue weighted by molar-refractivity contribution is 7.34. The summed E-state index contributed by atoms with van der Waals surface area (Å²) in [7, 11) is 0. The number of rotatable bonds is 4. The Balaban J connectivity index is 1.20. The van der Waals surface area contributed by atoms with E-state index in [4.69, 9.17) is 11.8 Å². The van der Waals surface area contributed by atoms with Crippen LogP contribution in [0.15, 0.2) is 72.8 Å². The number of thiophene rings is 4. The first kappa shape index (κ1) is 23.1. The van der Waals surface area contributed by atoms with Crippen molar-refractivity contribution in [2.24, 2.45) is 0 Å². The third-order valence-corrected chi connectivity index (χ3v) is 11.1. The van der Waals surface area contributed by atoms with Crippen molar-refractivity contribution in [3.63, 3.8) is 0 Å². The highest BCUT2D eigenvalue weighted by Gasteiger charge is 2.14. The Morgan fingerprint density at radius 1 is 0.605 bits per heavy atom. The van der Waals surface area contributed by atoms with Gasteiger partial charge in [-0.05, 0) is 59.7 Å². The lowest BCUT2D eigenvalue weighted by Crippen LogP contribution is -1.74. The fraction of sp³-hybridized carbons (Fsp3) is 0. The number of benzene rings is 3. The molecule has 0 aliphatic heterocycles. The van der Waals surface area contributed by atoms with Crippen molar-refractivity contribution < 1.29 is 0 Å². The third kappa shape index (κ3) is 4.15. The van der Waals surface area contributed by atoms with Crippen LogP contribution in [0.1, 0.15) is 26.4 Å². The summed E-state index contributed by atoms with van der Waals surface area (Å²) in [4.78, 5) is 5.95. The first-order valence-electron chi connectivity index (χ1n) is 11.8. The monoisotopic (exact) mass is 556 g/mol. The summed E-state index contributed by atoms with van der Waals surface area (Å²) in [6, 6.07) is 26.9. The minimum absolute atomic E-state index is 0.667. The first-order valence-corrected chi connectivity index (χ1v) is 15.1. The van der Waals surface area contributed by atoms with Gasteiger partial charge in [-0.2, -0.15) is 5.26 Å². The van der Waals surface area contributed by atoms with E-state index in [0.29, 0.717) is 11.3 Å². The standard InChI is InChI=1S/C32H16N2S4/c1-34-22-10-6-20(7-11-22)9-13-24-15-30-32(36-24)26-17-27-25(16-28(26)38-30)31-29(37-27)14-23(35-31)12-8-19-2-4-21(18-33)5-3-19/h2-17H/b12-8+,13-9+. The van der Waals surface area contributed by atoms with E-state index in [9.17, 15) is 0 Å². The van der Waals surface area contributed by atoms with Gasteiger partial charge in [0.25, 0.3) is 0 Å². The number of nitrogens with zero attached hydrogens (tertiary/aromatic N) is 2. The number of fused-ring (bicyclic) bond motifs is 6. The molecule has 0 saturated heterocycles. The normalized spacial score (nSPS) is 11.9. The van der Waals surface area contributed by atoms with E-state index >= 15 is 0 Å². The second-order valence-electron chi connectivity index (χ2n) is 8.84. The highest BCUT2D eigenvalue weighted by atomic mass is 32.1. The number of hydrogen-bond acceptors (Lipinski definition) is 5. The molecule has 0 amide bonds. The Bertz CT molecular complexity index is 1980. The molecule has 0 fully saturated rings. The molecule has 0 bridgehead atoms. The van der Waals surface area contributed by atoms with E-state index in [1.165, 1.54) is 48.7 Å². The first-order chi connectivity index (χ1) is 18.7. The maximum Gasteiger partial charge on any atom is 0.187 e. The molecule has 0 N–H and O–H groups in total. The third-order valence-electron chi connectivity index (χ3n) is 6.39. The SMILES string of the molecule is [C-]#[N+]c1ccc(/C=C/c2cc3sc4cc5c(cc4c3s2)sc2cc(/C=C/c3ccc(C#N)cc3)sc25)cc1. The second-order valence-corrected chi connectivity index (χ2v) is 13.2. The average Bonchev–Trinajstić information content (AvgIpc) is 3.69. The van der Waals surface area contributed by atoms with Crippen molar-refractivity contribution in [3.8, 4) is 6.07 Å². The summed E-state index contributed by atoms with van der Waals surface area (Å²) in [5.41, 5.74) is 3.55. The molecule has 0 saturated carbocycles. The summed E-state index contributed by atoms with van der Waals surface area (Å²) >= 11 is 7.42. The molecule has 2 nitrogen and oxygen atoms in total. The van der Waals surface area contributed by atoms with Crippen molar-refractivity contribution in [2.75, 3.05) is 0 Å². The van der Waals surface area contributed by atoms with Crippen molar-refractivity contribution in [3.05, 3.63) is 111 Å². The topological polar surface area (TPSA) is 28.1 Å². The van der Waals surface area contributed by atoms with E-state index in [2.05, 4.69) is 59.5 Å². The van der Waals surface area contributed by atoms with Gasteiger partial charge >= 0.3 is 0 Å². The zero-order chi connectivity index (χ0) is 25.6. The molecule has 4 heterocycles. The Hall–Kier alpha value is -4.04. The van der Waals surface area contributed by atoms with Crippen molar-refractivity contribution in [2.45, 2.75) is 0 Å². The van der Waals surface area contributed by atoms with Crippen molar-refractivity contribution in [1.82, 2.24) is 0 Å². The van der Waals surface area contributed by atoms with Crippen molar-refractivity contribution >= 4 is 114 Å². The van der Waals surface area contributed by atoms with E-state index in [1.807, 2.05) is 93.9 Å². The van der Waals surface area contributed by atoms with Gasteiger partial charge in [0.05, 0.1) is 27.6 Å². The maximum atomic E-state index is 8.99. The van der Waals surface area contributed by atoms with Crippen LogP contribution in [0.4, 0.5) is 5.69 Å².